The number of fused-ring (bicyclic) bond motifs is 1. The molecule has 4 rings (SSSR count). The number of hydrogen-bond donors (Lipinski definition) is 2. The predicted octanol–water partition coefficient (Wildman–Crippen LogP) is 4.12. The van der Waals surface area contributed by atoms with Gasteiger partial charge in [-0.25, -0.2) is 0 Å². The number of rotatable bonds is 4. The van der Waals surface area contributed by atoms with E-state index in [9.17, 15) is 14.4 Å². The van der Waals surface area contributed by atoms with E-state index in [0.717, 1.165) is 5.56 Å². The van der Waals surface area contributed by atoms with Gasteiger partial charge in [-0.05, 0) is 54.1 Å². The van der Waals surface area contributed by atoms with Gasteiger partial charge in [-0.3, -0.25) is 19.3 Å². The van der Waals surface area contributed by atoms with Gasteiger partial charge in [-0.1, -0.05) is 35.9 Å². The summed E-state index contributed by atoms with van der Waals surface area (Å²) in [6.45, 7) is -0.0462. The van der Waals surface area contributed by atoms with E-state index in [1.165, 1.54) is 4.90 Å². The molecular formula is C23H18ClN3O3. The van der Waals surface area contributed by atoms with E-state index in [1.807, 2.05) is 6.07 Å². The summed E-state index contributed by atoms with van der Waals surface area (Å²) in [6.07, 6.45) is 0.220. The van der Waals surface area contributed by atoms with Gasteiger partial charge in [0.15, 0.2) is 0 Å². The second kappa shape index (κ2) is 8.39. The summed E-state index contributed by atoms with van der Waals surface area (Å²) in [7, 11) is 0. The lowest BCUT2D eigenvalue weighted by atomic mass is 10.1. The van der Waals surface area contributed by atoms with E-state index < -0.39 is 0 Å². The largest absolute Gasteiger partial charge is 0.326 e. The predicted molar refractivity (Wildman–Crippen MR) is 117 cm³/mol. The fourth-order valence-electron chi connectivity index (χ4n) is 3.26. The van der Waals surface area contributed by atoms with Crippen LogP contribution in [-0.4, -0.2) is 24.3 Å². The average Bonchev–Trinajstić information content (AvgIpc) is 2.75. The minimum atomic E-state index is -0.281. The van der Waals surface area contributed by atoms with Crippen molar-refractivity contribution >= 4 is 46.4 Å². The van der Waals surface area contributed by atoms with Crippen LogP contribution in [0.15, 0.2) is 72.8 Å². The maximum atomic E-state index is 13.0. The van der Waals surface area contributed by atoms with Crippen LogP contribution in [0.25, 0.3) is 0 Å². The van der Waals surface area contributed by atoms with Crippen LogP contribution >= 0.6 is 11.6 Å². The Morgan fingerprint density at radius 3 is 2.40 bits per heavy atom. The molecule has 30 heavy (non-hydrogen) atoms. The van der Waals surface area contributed by atoms with E-state index in [4.69, 9.17) is 11.6 Å². The van der Waals surface area contributed by atoms with Gasteiger partial charge in [-0.2, -0.15) is 0 Å². The highest BCUT2D eigenvalue weighted by molar-refractivity contribution is 6.30. The molecule has 1 aliphatic heterocycles. The number of amides is 3. The van der Waals surface area contributed by atoms with Crippen LogP contribution in [0, 0.1) is 0 Å². The summed E-state index contributed by atoms with van der Waals surface area (Å²) < 4.78 is 0. The molecule has 0 spiro atoms. The van der Waals surface area contributed by atoms with Crippen molar-refractivity contribution in [2.75, 3.05) is 22.1 Å². The van der Waals surface area contributed by atoms with Crippen molar-refractivity contribution in [3.8, 4) is 0 Å². The SMILES string of the molecule is O=C(Cc1ccc(Cl)cc1)Nc1ccc(C(=O)N2CC(=O)Nc3ccccc32)cc1. The molecular weight excluding hydrogens is 402 g/mol. The molecule has 2 N–H and O–H groups in total. The Hall–Kier alpha value is -3.64. The minimum Gasteiger partial charge on any atom is -0.326 e. The highest BCUT2D eigenvalue weighted by Crippen LogP contribution is 2.30. The maximum absolute atomic E-state index is 13.0. The fourth-order valence-corrected chi connectivity index (χ4v) is 3.39. The summed E-state index contributed by atoms with van der Waals surface area (Å²) in [4.78, 5) is 38.6. The van der Waals surface area contributed by atoms with E-state index in [1.54, 1.807) is 66.7 Å². The molecule has 0 aliphatic carbocycles. The van der Waals surface area contributed by atoms with Crippen LogP contribution < -0.4 is 15.5 Å². The lowest BCUT2D eigenvalue weighted by molar-refractivity contribution is -0.116. The van der Waals surface area contributed by atoms with Crippen LogP contribution in [-0.2, 0) is 16.0 Å². The van der Waals surface area contributed by atoms with Crippen molar-refractivity contribution in [2.45, 2.75) is 6.42 Å². The third-order valence-corrected chi connectivity index (χ3v) is 4.96. The second-order valence-electron chi connectivity index (χ2n) is 6.89. The van der Waals surface area contributed by atoms with Crippen LogP contribution in [0.5, 0.6) is 0 Å². The van der Waals surface area contributed by atoms with Crippen molar-refractivity contribution in [1.82, 2.24) is 0 Å². The van der Waals surface area contributed by atoms with Crippen molar-refractivity contribution < 1.29 is 14.4 Å². The lowest BCUT2D eigenvalue weighted by Crippen LogP contribution is -2.42. The summed E-state index contributed by atoms with van der Waals surface area (Å²) in [5.74, 6) is -0.692. The summed E-state index contributed by atoms with van der Waals surface area (Å²) in [5.41, 5.74) is 3.12. The van der Waals surface area contributed by atoms with Crippen LogP contribution in [0.3, 0.4) is 0 Å². The molecule has 7 heteroatoms. The number of carbonyl (C=O) groups excluding carboxylic acids is 3. The Labute approximate surface area is 178 Å². The first kappa shape index (κ1) is 19.7. The minimum absolute atomic E-state index is 0.0462. The number of halogens is 1. The maximum Gasteiger partial charge on any atom is 0.258 e. The van der Waals surface area contributed by atoms with E-state index in [2.05, 4.69) is 10.6 Å². The Balaban J connectivity index is 1.44. The monoisotopic (exact) mass is 419 g/mol. The zero-order valence-corrected chi connectivity index (χ0v) is 16.6. The Morgan fingerprint density at radius 1 is 0.967 bits per heavy atom. The molecule has 150 valence electrons. The van der Waals surface area contributed by atoms with Gasteiger partial charge in [0.2, 0.25) is 11.8 Å². The van der Waals surface area contributed by atoms with Crippen LogP contribution in [0.4, 0.5) is 17.1 Å². The molecule has 0 unspecified atom stereocenters. The molecule has 0 radical (unpaired) electrons. The molecule has 3 aromatic carbocycles. The van der Waals surface area contributed by atoms with Crippen molar-refractivity contribution in [3.63, 3.8) is 0 Å². The first-order valence-corrected chi connectivity index (χ1v) is 9.72. The van der Waals surface area contributed by atoms with Gasteiger partial charge in [0, 0.05) is 16.3 Å². The van der Waals surface area contributed by atoms with Crippen molar-refractivity contribution in [1.29, 1.82) is 0 Å². The second-order valence-corrected chi connectivity index (χ2v) is 7.32. The zero-order chi connectivity index (χ0) is 21.1. The van der Waals surface area contributed by atoms with Crippen LogP contribution in [0.2, 0.25) is 5.02 Å². The summed E-state index contributed by atoms with van der Waals surface area (Å²) >= 11 is 5.86. The molecule has 6 nitrogen and oxygen atoms in total. The quantitative estimate of drug-likeness (QED) is 0.667. The van der Waals surface area contributed by atoms with Gasteiger partial charge in [-0.15, -0.1) is 0 Å². The lowest BCUT2D eigenvalue weighted by Gasteiger charge is -2.29. The average molecular weight is 420 g/mol. The molecule has 3 amide bonds. The zero-order valence-electron chi connectivity index (χ0n) is 15.9. The molecule has 0 atom stereocenters. The number of benzene rings is 3. The van der Waals surface area contributed by atoms with E-state index in [-0.39, 0.29) is 30.7 Å². The first-order valence-electron chi connectivity index (χ1n) is 9.35. The highest BCUT2D eigenvalue weighted by Gasteiger charge is 2.27. The Morgan fingerprint density at radius 2 is 1.67 bits per heavy atom. The van der Waals surface area contributed by atoms with Crippen molar-refractivity contribution in [3.05, 3.63) is 88.9 Å². The van der Waals surface area contributed by atoms with Crippen molar-refractivity contribution in [2.24, 2.45) is 0 Å². The van der Waals surface area contributed by atoms with Gasteiger partial charge in [0.25, 0.3) is 5.91 Å². The molecule has 0 fully saturated rings. The van der Waals surface area contributed by atoms with Gasteiger partial charge in [0.05, 0.1) is 17.8 Å². The normalized spacial score (nSPS) is 12.7. The van der Waals surface area contributed by atoms with E-state index in [0.29, 0.717) is 27.6 Å². The molecule has 0 saturated heterocycles. The summed E-state index contributed by atoms with van der Waals surface area (Å²) in [5, 5.41) is 6.19. The molecule has 1 aliphatic rings. The summed E-state index contributed by atoms with van der Waals surface area (Å²) in [6, 6.07) is 20.9. The standard InChI is InChI=1S/C23H18ClN3O3/c24-17-9-5-15(6-10-17)13-21(28)25-18-11-7-16(8-12-18)23(30)27-14-22(29)26-19-3-1-2-4-20(19)27/h1-12H,13-14H2,(H,25,28)(H,26,29). The van der Waals surface area contributed by atoms with Gasteiger partial charge in [0.1, 0.15) is 6.54 Å². The number of hydrogen-bond acceptors (Lipinski definition) is 3. The van der Waals surface area contributed by atoms with Gasteiger partial charge < -0.3 is 10.6 Å². The molecule has 0 bridgehead atoms. The fraction of sp³-hybridized carbons (Fsp3) is 0.0870. The number of para-hydroxylation sites is 2. The van der Waals surface area contributed by atoms with Gasteiger partial charge >= 0.3 is 0 Å². The molecule has 0 aromatic heterocycles. The third-order valence-electron chi connectivity index (χ3n) is 4.71. The van der Waals surface area contributed by atoms with Crippen LogP contribution in [0.1, 0.15) is 15.9 Å². The number of nitrogens with one attached hydrogen (secondary N) is 2. The Kier molecular flexibility index (Phi) is 5.50. The smallest absolute Gasteiger partial charge is 0.258 e. The molecule has 1 heterocycles. The number of carbonyl (C=O) groups is 3. The first-order chi connectivity index (χ1) is 14.5. The topological polar surface area (TPSA) is 78.5 Å². The molecule has 0 saturated carbocycles. The highest BCUT2D eigenvalue weighted by atomic mass is 35.5. The van der Waals surface area contributed by atoms with E-state index >= 15 is 0 Å². The molecule has 3 aromatic rings. The Bertz CT molecular complexity index is 1110. The number of anilines is 3. The third kappa shape index (κ3) is 4.34. The number of nitrogens with zero attached hydrogens (tertiary/aromatic N) is 1.